The van der Waals surface area contributed by atoms with E-state index in [-0.39, 0.29) is 11.4 Å². The molecule has 1 heterocycles. The molecule has 0 saturated carbocycles. The first-order chi connectivity index (χ1) is 12.9. The number of rotatable bonds is 6. The van der Waals surface area contributed by atoms with Crippen LogP contribution in [0.25, 0.3) is 11.3 Å². The molecule has 0 aliphatic carbocycles. The summed E-state index contributed by atoms with van der Waals surface area (Å²) in [7, 11) is 0. The molecule has 1 aromatic heterocycles. The van der Waals surface area contributed by atoms with Crippen LogP contribution in [0.5, 0.6) is 0 Å². The summed E-state index contributed by atoms with van der Waals surface area (Å²) in [6, 6.07) is 14.9. The van der Waals surface area contributed by atoms with Crippen molar-refractivity contribution in [3.63, 3.8) is 0 Å². The molecule has 0 N–H and O–H groups in total. The third-order valence-electron chi connectivity index (χ3n) is 3.65. The molecule has 8 heteroatoms. The Morgan fingerprint density at radius 3 is 2.48 bits per heavy atom. The van der Waals surface area contributed by atoms with Crippen LogP contribution in [-0.2, 0) is 4.74 Å². The van der Waals surface area contributed by atoms with E-state index in [4.69, 9.17) is 20.8 Å². The highest BCUT2D eigenvalue weighted by molar-refractivity contribution is 6.31. The number of nitrogens with zero attached hydrogens (tertiary/aromatic N) is 1. The molecule has 0 atom stereocenters. The summed E-state index contributed by atoms with van der Waals surface area (Å²) in [5.41, 5.74) is 0.848. The maximum absolute atomic E-state index is 12.1. The second-order valence-corrected chi connectivity index (χ2v) is 5.91. The van der Waals surface area contributed by atoms with E-state index in [0.29, 0.717) is 21.9 Å². The second kappa shape index (κ2) is 7.84. The van der Waals surface area contributed by atoms with E-state index in [2.05, 4.69) is 0 Å². The third kappa shape index (κ3) is 4.39. The fourth-order valence-corrected chi connectivity index (χ4v) is 2.49. The monoisotopic (exact) mass is 385 g/mol. The van der Waals surface area contributed by atoms with E-state index in [1.54, 1.807) is 18.2 Å². The van der Waals surface area contributed by atoms with Gasteiger partial charge >= 0.3 is 5.97 Å². The predicted octanol–water partition coefficient (Wildman–Crippen LogP) is 4.55. The van der Waals surface area contributed by atoms with Crippen LogP contribution < -0.4 is 0 Å². The van der Waals surface area contributed by atoms with Gasteiger partial charge < -0.3 is 9.15 Å². The second-order valence-electron chi connectivity index (χ2n) is 5.48. The Morgan fingerprint density at radius 1 is 1.07 bits per heavy atom. The zero-order chi connectivity index (χ0) is 19.4. The smallest absolute Gasteiger partial charge is 0.374 e. The van der Waals surface area contributed by atoms with E-state index < -0.39 is 23.3 Å². The molecule has 7 nitrogen and oxygen atoms in total. The van der Waals surface area contributed by atoms with Crippen LogP contribution in [-0.4, -0.2) is 23.3 Å². The van der Waals surface area contributed by atoms with Gasteiger partial charge in [-0.15, -0.1) is 0 Å². The molecule has 0 bridgehead atoms. The van der Waals surface area contributed by atoms with Gasteiger partial charge in [0.2, 0.25) is 5.76 Å². The molecule has 2 aromatic carbocycles. The van der Waals surface area contributed by atoms with Crippen LogP contribution in [0.4, 0.5) is 5.69 Å². The number of ketones is 1. The molecule has 0 saturated heterocycles. The quantitative estimate of drug-likeness (QED) is 0.267. The molecule has 0 aliphatic rings. The Labute approximate surface area is 158 Å². The van der Waals surface area contributed by atoms with E-state index in [1.165, 1.54) is 42.5 Å². The molecule has 0 aliphatic heterocycles. The van der Waals surface area contributed by atoms with Crippen molar-refractivity contribution in [2.24, 2.45) is 0 Å². The average molecular weight is 386 g/mol. The number of Topliss-reactive ketones (excluding diaryl/α,β-unsaturated/α-hetero) is 1. The number of halogens is 1. The number of benzene rings is 2. The van der Waals surface area contributed by atoms with Gasteiger partial charge in [0.15, 0.2) is 12.4 Å². The van der Waals surface area contributed by atoms with Crippen LogP contribution in [0.3, 0.4) is 0 Å². The van der Waals surface area contributed by atoms with Gasteiger partial charge in [-0.2, -0.15) is 0 Å². The van der Waals surface area contributed by atoms with Crippen LogP contribution in [0, 0.1) is 10.1 Å². The lowest BCUT2D eigenvalue weighted by Gasteiger charge is -2.03. The topological polar surface area (TPSA) is 99.7 Å². The maximum Gasteiger partial charge on any atom is 0.374 e. The zero-order valence-corrected chi connectivity index (χ0v) is 14.5. The lowest BCUT2D eigenvalue weighted by Crippen LogP contribution is -2.13. The van der Waals surface area contributed by atoms with Gasteiger partial charge in [0.25, 0.3) is 5.69 Å². The summed E-state index contributed by atoms with van der Waals surface area (Å²) < 4.78 is 10.4. The van der Waals surface area contributed by atoms with E-state index in [0.717, 1.165) is 0 Å². The Morgan fingerprint density at radius 2 is 1.81 bits per heavy atom. The lowest BCUT2D eigenvalue weighted by molar-refractivity contribution is -0.384. The average Bonchev–Trinajstić information content (AvgIpc) is 3.16. The van der Waals surface area contributed by atoms with Crippen molar-refractivity contribution in [1.82, 2.24) is 0 Å². The highest BCUT2D eigenvalue weighted by Gasteiger charge is 2.17. The van der Waals surface area contributed by atoms with E-state index in [9.17, 15) is 19.7 Å². The molecule has 0 unspecified atom stereocenters. The standard InChI is InChI=1S/C19H12ClNO6/c20-14-3-1-2-13(10-14)16(22)11-26-19(23)18-9-8-17(27-18)12-4-6-15(7-5-12)21(24)25/h1-10H,11H2. The van der Waals surface area contributed by atoms with Crippen molar-refractivity contribution in [2.45, 2.75) is 0 Å². The first-order valence-corrected chi connectivity index (χ1v) is 8.12. The molecule has 0 radical (unpaired) electrons. The van der Waals surface area contributed by atoms with E-state index >= 15 is 0 Å². The minimum absolute atomic E-state index is 0.0514. The molecule has 3 rings (SSSR count). The predicted molar refractivity (Wildman–Crippen MR) is 96.9 cm³/mol. The highest BCUT2D eigenvalue weighted by atomic mass is 35.5. The summed E-state index contributed by atoms with van der Waals surface area (Å²) in [4.78, 5) is 34.2. The number of carbonyl (C=O) groups is 2. The number of hydrogen-bond donors (Lipinski definition) is 0. The summed E-state index contributed by atoms with van der Waals surface area (Å²) >= 11 is 5.82. The van der Waals surface area contributed by atoms with Crippen molar-refractivity contribution in [1.29, 1.82) is 0 Å². The fourth-order valence-electron chi connectivity index (χ4n) is 2.30. The van der Waals surface area contributed by atoms with Gasteiger partial charge in [0.05, 0.1) is 4.92 Å². The largest absolute Gasteiger partial charge is 0.451 e. The van der Waals surface area contributed by atoms with Crippen LogP contribution in [0.15, 0.2) is 65.1 Å². The van der Waals surface area contributed by atoms with Gasteiger partial charge in [-0.3, -0.25) is 14.9 Å². The summed E-state index contributed by atoms with van der Waals surface area (Å²) in [6.45, 7) is -0.452. The van der Waals surface area contributed by atoms with Gasteiger partial charge in [0.1, 0.15) is 5.76 Å². The molecule has 0 amide bonds. The number of esters is 1. The number of nitro benzene ring substituents is 1. The summed E-state index contributed by atoms with van der Waals surface area (Å²) in [5, 5.41) is 11.1. The Kier molecular flexibility index (Phi) is 5.33. The Bertz CT molecular complexity index is 1010. The minimum Gasteiger partial charge on any atom is -0.451 e. The van der Waals surface area contributed by atoms with Crippen molar-refractivity contribution >= 4 is 29.0 Å². The third-order valence-corrected chi connectivity index (χ3v) is 3.89. The lowest BCUT2D eigenvalue weighted by atomic mass is 10.1. The van der Waals surface area contributed by atoms with Crippen molar-refractivity contribution in [3.05, 3.63) is 87.1 Å². The number of furan rings is 1. The molecule has 0 spiro atoms. The Hall–Kier alpha value is -3.45. The van der Waals surface area contributed by atoms with Crippen LogP contribution >= 0.6 is 11.6 Å². The number of carbonyl (C=O) groups excluding carboxylic acids is 2. The van der Waals surface area contributed by atoms with Crippen LogP contribution in [0.1, 0.15) is 20.9 Å². The maximum atomic E-state index is 12.1. The zero-order valence-electron chi connectivity index (χ0n) is 13.8. The molecule has 136 valence electrons. The first-order valence-electron chi connectivity index (χ1n) is 7.74. The van der Waals surface area contributed by atoms with Gasteiger partial charge in [-0.1, -0.05) is 23.7 Å². The van der Waals surface area contributed by atoms with Crippen molar-refractivity contribution in [2.75, 3.05) is 6.61 Å². The molecule has 27 heavy (non-hydrogen) atoms. The van der Waals surface area contributed by atoms with E-state index in [1.807, 2.05) is 0 Å². The number of hydrogen-bond acceptors (Lipinski definition) is 6. The van der Waals surface area contributed by atoms with Gasteiger partial charge in [-0.05, 0) is 36.4 Å². The highest BCUT2D eigenvalue weighted by Crippen LogP contribution is 2.25. The molecule has 3 aromatic rings. The molecular weight excluding hydrogens is 374 g/mol. The van der Waals surface area contributed by atoms with Crippen molar-refractivity contribution < 1.29 is 23.7 Å². The number of non-ortho nitro benzene ring substituents is 1. The molecular formula is C19H12ClNO6. The van der Waals surface area contributed by atoms with Gasteiger partial charge in [-0.25, -0.2) is 4.79 Å². The van der Waals surface area contributed by atoms with Crippen LogP contribution in [0.2, 0.25) is 5.02 Å². The first kappa shape index (κ1) is 18.3. The van der Waals surface area contributed by atoms with Gasteiger partial charge in [0, 0.05) is 28.3 Å². The summed E-state index contributed by atoms with van der Waals surface area (Å²) in [5.74, 6) is -0.924. The minimum atomic E-state index is -0.793. The normalized spacial score (nSPS) is 10.4. The fraction of sp³-hybridized carbons (Fsp3) is 0.0526. The van der Waals surface area contributed by atoms with Crippen molar-refractivity contribution in [3.8, 4) is 11.3 Å². The Balaban J connectivity index is 1.64. The number of nitro groups is 1. The molecule has 0 fully saturated rings. The number of ether oxygens (including phenoxy) is 1. The summed E-state index contributed by atoms with van der Waals surface area (Å²) in [6.07, 6.45) is 0. The SMILES string of the molecule is O=C(COC(=O)c1ccc(-c2ccc([N+](=O)[O-])cc2)o1)c1cccc(Cl)c1.